The normalized spacial score (nSPS) is 12.8. The van der Waals surface area contributed by atoms with E-state index in [1.165, 1.54) is 11.3 Å². The molecule has 0 radical (unpaired) electrons. The number of aromatic amines is 2. The molecule has 0 aliphatic heterocycles. The highest BCUT2D eigenvalue weighted by Gasteiger charge is 2.21. The van der Waals surface area contributed by atoms with E-state index >= 15 is 0 Å². The van der Waals surface area contributed by atoms with Gasteiger partial charge in [-0.05, 0) is 23.5 Å². The van der Waals surface area contributed by atoms with E-state index in [9.17, 15) is 0 Å². The van der Waals surface area contributed by atoms with E-state index in [2.05, 4.69) is 67.5 Å². The molecule has 0 aliphatic rings. The third-order valence-corrected chi connectivity index (χ3v) is 3.47. The Kier molecular flexibility index (Phi) is 4.33. The summed E-state index contributed by atoms with van der Waals surface area (Å²) in [5.74, 6) is 1.06. The fraction of sp³-hybridized carbons (Fsp3) is 0.562. The molecule has 110 valence electrons. The molecule has 0 spiro atoms. The van der Waals surface area contributed by atoms with Gasteiger partial charge in [0, 0.05) is 41.9 Å². The summed E-state index contributed by atoms with van der Waals surface area (Å²) in [6, 6.07) is 2.27. The lowest BCUT2D eigenvalue weighted by Gasteiger charge is -2.22. The zero-order valence-corrected chi connectivity index (χ0v) is 13.7. The highest BCUT2D eigenvalue weighted by Crippen LogP contribution is 2.27. The minimum Gasteiger partial charge on any atom is -0.365 e. The second kappa shape index (κ2) is 5.68. The number of aromatic nitrogens is 3. The number of imidazole rings is 1. The number of hydrogen-bond donors (Lipinski definition) is 3. The van der Waals surface area contributed by atoms with Gasteiger partial charge in [0.1, 0.15) is 5.82 Å². The summed E-state index contributed by atoms with van der Waals surface area (Å²) >= 11 is 4.59. The van der Waals surface area contributed by atoms with Crippen molar-refractivity contribution in [1.29, 1.82) is 0 Å². The van der Waals surface area contributed by atoms with Crippen LogP contribution in [0.25, 0.3) is 0 Å². The molecule has 2 N–H and O–H groups in total. The van der Waals surface area contributed by atoms with E-state index in [1.807, 2.05) is 12.4 Å². The van der Waals surface area contributed by atoms with Gasteiger partial charge in [0.05, 0.1) is 0 Å². The molecule has 0 aromatic carbocycles. The molecule has 0 unspecified atom stereocenters. The maximum absolute atomic E-state index is 4.59. The van der Waals surface area contributed by atoms with Crippen LogP contribution in [0.2, 0.25) is 0 Å². The van der Waals surface area contributed by atoms with Crippen LogP contribution < -0.4 is 0 Å². The van der Waals surface area contributed by atoms with Crippen molar-refractivity contribution in [3.63, 3.8) is 0 Å². The summed E-state index contributed by atoms with van der Waals surface area (Å²) in [6.07, 6.45) is 8.77. The van der Waals surface area contributed by atoms with E-state index in [1.54, 1.807) is 0 Å². The largest absolute Gasteiger partial charge is 0.365 e. The van der Waals surface area contributed by atoms with Crippen molar-refractivity contribution in [3.05, 3.63) is 41.7 Å². The molecule has 2 rings (SSSR count). The number of hydrogen-bond acceptors (Lipinski definition) is 2. The van der Waals surface area contributed by atoms with Crippen molar-refractivity contribution in [2.75, 3.05) is 0 Å². The average molecular weight is 291 g/mol. The Balaban J connectivity index is 1.98. The van der Waals surface area contributed by atoms with E-state index < -0.39 is 0 Å². The summed E-state index contributed by atoms with van der Waals surface area (Å²) in [6.45, 7) is 8.84. The number of H-pyrrole nitrogens is 2. The highest BCUT2D eigenvalue weighted by atomic mass is 32.1. The van der Waals surface area contributed by atoms with Crippen molar-refractivity contribution >= 4 is 12.6 Å². The number of thiol groups is 1. The summed E-state index contributed by atoms with van der Waals surface area (Å²) in [4.78, 5) is 10.9. The number of rotatable bonds is 6. The van der Waals surface area contributed by atoms with E-state index in [0.29, 0.717) is 0 Å². The molecule has 4 heteroatoms. The van der Waals surface area contributed by atoms with Gasteiger partial charge in [-0.15, -0.1) is 0 Å². The van der Waals surface area contributed by atoms with Gasteiger partial charge in [-0.25, -0.2) is 4.98 Å². The van der Waals surface area contributed by atoms with Crippen LogP contribution in [-0.2, 0) is 19.3 Å². The average Bonchev–Trinajstić information content (AvgIpc) is 2.87. The quantitative estimate of drug-likeness (QED) is 0.696. The van der Waals surface area contributed by atoms with Crippen molar-refractivity contribution in [2.45, 2.75) is 51.7 Å². The monoisotopic (exact) mass is 291 g/mol. The molecule has 2 heterocycles. The Morgan fingerprint density at radius 3 is 2.45 bits per heavy atom. The fourth-order valence-corrected chi connectivity index (χ4v) is 2.80. The predicted molar refractivity (Wildman–Crippen MR) is 87.3 cm³/mol. The first-order valence-corrected chi connectivity index (χ1v) is 7.55. The standard InChI is InChI=1S/C16H25N3S/c1-15(2,10-14-17-5-6-18-14)8-12-7-13(19-11-12)9-16(3,4)20/h5-7,11,19-20H,8-10H2,1-4H3,(H,17,18). The van der Waals surface area contributed by atoms with Gasteiger partial charge in [0.2, 0.25) is 0 Å². The van der Waals surface area contributed by atoms with Crippen molar-refractivity contribution < 1.29 is 0 Å². The lowest BCUT2D eigenvalue weighted by Crippen LogP contribution is -2.19. The zero-order chi connectivity index (χ0) is 14.8. The second-order valence-corrected chi connectivity index (χ2v) is 8.29. The Morgan fingerprint density at radius 2 is 1.85 bits per heavy atom. The molecular formula is C16H25N3S. The lowest BCUT2D eigenvalue weighted by atomic mass is 9.83. The molecule has 0 saturated carbocycles. The SMILES string of the molecule is CC(C)(S)Cc1cc(CC(C)(C)Cc2ncc[nH]2)c[nH]1. The molecule has 0 fully saturated rings. The third kappa shape index (κ3) is 4.75. The molecule has 20 heavy (non-hydrogen) atoms. The molecule has 0 bridgehead atoms. The minimum atomic E-state index is 0.0197. The number of nitrogens with zero attached hydrogens (tertiary/aromatic N) is 1. The first kappa shape index (κ1) is 15.2. The van der Waals surface area contributed by atoms with Crippen LogP contribution in [0.5, 0.6) is 0 Å². The fourth-order valence-electron chi connectivity index (χ4n) is 2.63. The van der Waals surface area contributed by atoms with Crippen LogP contribution in [0.4, 0.5) is 0 Å². The van der Waals surface area contributed by atoms with Gasteiger partial charge < -0.3 is 9.97 Å². The minimum absolute atomic E-state index is 0.0197. The topological polar surface area (TPSA) is 44.5 Å². The molecule has 0 aliphatic carbocycles. The van der Waals surface area contributed by atoms with Crippen LogP contribution in [-0.4, -0.2) is 19.7 Å². The Bertz CT molecular complexity index is 532. The molecule has 0 saturated heterocycles. The van der Waals surface area contributed by atoms with E-state index in [0.717, 1.165) is 25.1 Å². The zero-order valence-electron chi connectivity index (χ0n) is 12.8. The maximum atomic E-state index is 4.59. The summed E-state index contributed by atoms with van der Waals surface area (Å²) in [5, 5.41) is 0. The lowest BCUT2D eigenvalue weighted by molar-refractivity contribution is 0.353. The molecule has 2 aromatic heterocycles. The van der Waals surface area contributed by atoms with Crippen LogP contribution in [0.1, 0.15) is 44.8 Å². The van der Waals surface area contributed by atoms with Gasteiger partial charge >= 0.3 is 0 Å². The van der Waals surface area contributed by atoms with Crippen molar-refractivity contribution in [3.8, 4) is 0 Å². The molecule has 3 nitrogen and oxygen atoms in total. The molecule has 0 atom stereocenters. The second-order valence-electron chi connectivity index (χ2n) is 7.08. The van der Waals surface area contributed by atoms with Crippen molar-refractivity contribution in [1.82, 2.24) is 15.0 Å². The first-order valence-electron chi connectivity index (χ1n) is 7.10. The predicted octanol–water partition coefficient (Wildman–Crippen LogP) is 3.80. The van der Waals surface area contributed by atoms with Gasteiger partial charge in [-0.2, -0.15) is 12.6 Å². The summed E-state index contributed by atoms with van der Waals surface area (Å²) < 4.78 is 0.0197. The van der Waals surface area contributed by atoms with Crippen LogP contribution in [0, 0.1) is 5.41 Å². The van der Waals surface area contributed by atoms with Crippen LogP contribution >= 0.6 is 12.6 Å². The maximum Gasteiger partial charge on any atom is 0.106 e. The van der Waals surface area contributed by atoms with Gasteiger partial charge in [0.15, 0.2) is 0 Å². The Hall–Kier alpha value is -1.16. The van der Waals surface area contributed by atoms with Crippen LogP contribution in [0.3, 0.4) is 0 Å². The van der Waals surface area contributed by atoms with E-state index in [4.69, 9.17) is 0 Å². The summed E-state index contributed by atoms with van der Waals surface area (Å²) in [5.41, 5.74) is 2.80. The highest BCUT2D eigenvalue weighted by molar-refractivity contribution is 7.81. The van der Waals surface area contributed by atoms with Crippen molar-refractivity contribution in [2.24, 2.45) is 5.41 Å². The smallest absolute Gasteiger partial charge is 0.106 e. The van der Waals surface area contributed by atoms with Gasteiger partial charge in [-0.1, -0.05) is 27.7 Å². The molecular weight excluding hydrogens is 266 g/mol. The number of nitrogens with one attached hydrogen (secondary N) is 2. The van der Waals surface area contributed by atoms with Crippen LogP contribution in [0.15, 0.2) is 24.7 Å². The summed E-state index contributed by atoms with van der Waals surface area (Å²) in [7, 11) is 0. The van der Waals surface area contributed by atoms with E-state index in [-0.39, 0.29) is 10.2 Å². The van der Waals surface area contributed by atoms with Gasteiger partial charge in [-0.3, -0.25) is 0 Å². The molecule has 0 amide bonds. The first-order chi connectivity index (χ1) is 9.23. The molecule has 2 aromatic rings. The third-order valence-electron chi connectivity index (χ3n) is 3.31. The Morgan fingerprint density at radius 1 is 1.10 bits per heavy atom. The Labute approximate surface area is 127 Å². The van der Waals surface area contributed by atoms with Gasteiger partial charge in [0.25, 0.3) is 0 Å².